The monoisotopic (exact) mass is 330 g/mol. The highest BCUT2D eigenvalue weighted by Gasteiger charge is 2.17. The summed E-state index contributed by atoms with van der Waals surface area (Å²) in [7, 11) is 0. The maximum Gasteiger partial charge on any atom is 0.0818 e. The van der Waals surface area contributed by atoms with E-state index < -0.39 is 0 Å². The third-order valence-corrected chi connectivity index (χ3v) is 4.35. The largest absolute Gasteiger partial charge is 0.271 e. The predicted octanol–water partition coefficient (Wildman–Crippen LogP) is 4.03. The summed E-state index contributed by atoms with van der Waals surface area (Å²) in [5.74, 6) is 5.65. The van der Waals surface area contributed by atoms with Crippen LogP contribution in [0.5, 0.6) is 0 Å². The zero-order valence-electron chi connectivity index (χ0n) is 9.21. The van der Waals surface area contributed by atoms with Crippen LogP contribution >= 0.6 is 38.9 Å². The molecule has 1 heterocycles. The number of hydrogen-bond acceptors (Lipinski definition) is 3. The van der Waals surface area contributed by atoms with Gasteiger partial charge in [0.05, 0.1) is 11.1 Å². The van der Waals surface area contributed by atoms with Crippen molar-refractivity contribution in [3.8, 4) is 0 Å². The van der Waals surface area contributed by atoms with E-state index in [-0.39, 0.29) is 6.04 Å². The molecule has 0 saturated heterocycles. The summed E-state index contributed by atoms with van der Waals surface area (Å²) < 4.78 is 1.04. The molecule has 17 heavy (non-hydrogen) atoms. The highest BCUT2D eigenvalue weighted by Crippen LogP contribution is 2.33. The summed E-state index contributed by atoms with van der Waals surface area (Å²) in [4.78, 5) is 1.03. The Balaban J connectivity index is 2.45. The van der Waals surface area contributed by atoms with Crippen molar-refractivity contribution in [2.24, 2.45) is 5.84 Å². The van der Waals surface area contributed by atoms with Gasteiger partial charge in [0.25, 0.3) is 0 Å². The van der Waals surface area contributed by atoms with Gasteiger partial charge in [0, 0.05) is 9.35 Å². The molecule has 1 aromatic heterocycles. The molecule has 5 heteroatoms. The Kier molecular flexibility index (Phi) is 4.22. The van der Waals surface area contributed by atoms with E-state index in [0.717, 1.165) is 19.9 Å². The highest BCUT2D eigenvalue weighted by atomic mass is 79.9. The SMILES string of the molecule is Cc1cc(Br)cc(C(NN)c2sccc2Cl)c1. The fourth-order valence-electron chi connectivity index (χ4n) is 1.77. The van der Waals surface area contributed by atoms with Gasteiger partial charge in [0.15, 0.2) is 0 Å². The van der Waals surface area contributed by atoms with Crippen molar-refractivity contribution >= 4 is 38.9 Å². The fourth-order valence-corrected chi connectivity index (χ4v) is 3.64. The van der Waals surface area contributed by atoms with E-state index in [1.54, 1.807) is 11.3 Å². The Hall–Kier alpha value is -0.390. The van der Waals surface area contributed by atoms with Crippen LogP contribution in [0.15, 0.2) is 34.1 Å². The van der Waals surface area contributed by atoms with Crippen molar-refractivity contribution in [1.82, 2.24) is 5.43 Å². The third-order valence-electron chi connectivity index (χ3n) is 2.47. The second-order valence-electron chi connectivity index (χ2n) is 3.79. The molecule has 2 nitrogen and oxygen atoms in total. The second-order valence-corrected chi connectivity index (χ2v) is 6.06. The molecule has 1 unspecified atom stereocenters. The molecule has 0 aliphatic heterocycles. The average molecular weight is 332 g/mol. The van der Waals surface area contributed by atoms with Crippen LogP contribution in [-0.2, 0) is 0 Å². The van der Waals surface area contributed by atoms with Crippen LogP contribution in [-0.4, -0.2) is 0 Å². The molecule has 0 aliphatic carbocycles. The molecule has 0 aliphatic rings. The summed E-state index contributed by atoms with van der Waals surface area (Å²) in [6.07, 6.45) is 0. The van der Waals surface area contributed by atoms with Gasteiger partial charge in [-0.2, -0.15) is 0 Å². The van der Waals surface area contributed by atoms with Crippen molar-refractivity contribution in [1.29, 1.82) is 0 Å². The number of nitrogens with one attached hydrogen (secondary N) is 1. The smallest absolute Gasteiger partial charge is 0.0818 e. The number of hydrogen-bond donors (Lipinski definition) is 2. The highest BCUT2D eigenvalue weighted by molar-refractivity contribution is 9.10. The average Bonchev–Trinajstić information content (AvgIpc) is 2.65. The molecular weight excluding hydrogens is 320 g/mol. The Morgan fingerprint density at radius 3 is 2.71 bits per heavy atom. The van der Waals surface area contributed by atoms with E-state index >= 15 is 0 Å². The molecule has 1 aromatic carbocycles. The lowest BCUT2D eigenvalue weighted by atomic mass is 10.0. The van der Waals surface area contributed by atoms with Crippen LogP contribution in [0.1, 0.15) is 22.0 Å². The van der Waals surface area contributed by atoms with Crippen LogP contribution in [0, 0.1) is 6.92 Å². The lowest BCUT2D eigenvalue weighted by Gasteiger charge is -2.16. The minimum atomic E-state index is -0.0706. The first kappa shape index (κ1) is 13.1. The van der Waals surface area contributed by atoms with Crippen LogP contribution in [0.2, 0.25) is 5.02 Å². The van der Waals surface area contributed by atoms with Crippen LogP contribution < -0.4 is 11.3 Å². The van der Waals surface area contributed by atoms with E-state index in [9.17, 15) is 0 Å². The number of halogens is 2. The molecule has 0 amide bonds. The van der Waals surface area contributed by atoms with Crippen LogP contribution in [0.3, 0.4) is 0 Å². The molecular formula is C12H12BrClN2S. The van der Waals surface area contributed by atoms with Gasteiger partial charge in [-0.25, -0.2) is 5.43 Å². The number of thiophene rings is 1. The second kappa shape index (κ2) is 5.50. The quantitative estimate of drug-likeness (QED) is 0.658. The fraction of sp³-hybridized carbons (Fsp3) is 0.167. The number of hydrazine groups is 1. The van der Waals surface area contributed by atoms with Crippen LogP contribution in [0.25, 0.3) is 0 Å². The molecule has 2 rings (SSSR count). The topological polar surface area (TPSA) is 38.0 Å². The van der Waals surface area contributed by atoms with Crippen LogP contribution in [0.4, 0.5) is 0 Å². The minimum absolute atomic E-state index is 0.0706. The Bertz CT molecular complexity index is 507. The Labute approximate surface area is 118 Å². The molecule has 2 aromatic rings. The minimum Gasteiger partial charge on any atom is -0.271 e. The van der Waals surface area contributed by atoms with Crippen molar-refractivity contribution in [3.63, 3.8) is 0 Å². The molecule has 0 fully saturated rings. The lowest BCUT2D eigenvalue weighted by molar-refractivity contribution is 0.646. The molecule has 0 bridgehead atoms. The maximum atomic E-state index is 6.15. The molecule has 1 atom stereocenters. The molecule has 0 spiro atoms. The van der Waals surface area contributed by atoms with Gasteiger partial charge in [-0.1, -0.05) is 33.6 Å². The molecule has 90 valence electrons. The first-order valence-electron chi connectivity index (χ1n) is 5.08. The summed E-state index contributed by atoms with van der Waals surface area (Å²) in [5.41, 5.74) is 5.10. The number of benzene rings is 1. The van der Waals surface area contributed by atoms with E-state index in [1.807, 2.05) is 17.5 Å². The van der Waals surface area contributed by atoms with E-state index in [1.165, 1.54) is 5.56 Å². The van der Waals surface area contributed by atoms with E-state index in [2.05, 4.69) is 40.4 Å². The van der Waals surface area contributed by atoms with Gasteiger partial charge < -0.3 is 0 Å². The molecule has 0 saturated carbocycles. The Morgan fingerprint density at radius 2 is 2.18 bits per heavy atom. The van der Waals surface area contributed by atoms with Gasteiger partial charge in [-0.3, -0.25) is 5.84 Å². The van der Waals surface area contributed by atoms with Gasteiger partial charge in [-0.15, -0.1) is 11.3 Å². The van der Waals surface area contributed by atoms with Gasteiger partial charge in [-0.05, 0) is 41.6 Å². The maximum absolute atomic E-state index is 6.15. The summed E-state index contributed by atoms with van der Waals surface area (Å²) in [5, 5.41) is 2.71. The van der Waals surface area contributed by atoms with Crippen molar-refractivity contribution in [2.45, 2.75) is 13.0 Å². The standard InChI is InChI=1S/C12H12BrClN2S/c1-7-4-8(6-9(13)5-7)11(16-15)12-10(14)2-3-17-12/h2-6,11,16H,15H2,1H3. The summed E-state index contributed by atoms with van der Waals surface area (Å²) >= 11 is 11.2. The first-order chi connectivity index (χ1) is 8.11. The normalized spacial score (nSPS) is 12.7. The zero-order valence-corrected chi connectivity index (χ0v) is 12.4. The molecule has 0 radical (unpaired) electrons. The van der Waals surface area contributed by atoms with Gasteiger partial charge in [0.1, 0.15) is 0 Å². The lowest BCUT2D eigenvalue weighted by Crippen LogP contribution is -2.28. The number of nitrogens with two attached hydrogens (primary N) is 1. The third kappa shape index (κ3) is 2.89. The van der Waals surface area contributed by atoms with Crippen molar-refractivity contribution in [2.75, 3.05) is 0 Å². The predicted molar refractivity (Wildman–Crippen MR) is 77.4 cm³/mol. The summed E-state index contributed by atoms with van der Waals surface area (Å²) in [6.45, 7) is 2.05. The van der Waals surface area contributed by atoms with Crippen molar-refractivity contribution in [3.05, 3.63) is 55.1 Å². The molecule has 3 N–H and O–H groups in total. The first-order valence-corrected chi connectivity index (χ1v) is 7.13. The number of rotatable bonds is 3. The number of aryl methyl sites for hydroxylation is 1. The zero-order chi connectivity index (χ0) is 12.4. The van der Waals surface area contributed by atoms with Gasteiger partial charge >= 0.3 is 0 Å². The van der Waals surface area contributed by atoms with E-state index in [0.29, 0.717) is 0 Å². The Morgan fingerprint density at radius 1 is 1.41 bits per heavy atom. The van der Waals surface area contributed by atoms with Crippen molar-refractivity contribution < 1.29 is 0 Å². The van der Waals surface area contributed by atoms with Gasteiger partial charge in [0.2, 0.25) is 0 Å². The summed E-state index contributed by atoms with van der Waals surface area (Å²) in [6, 6.07) is 8.03. The van der Waals surface area contributed by atoms with E-state index in [4.69, 9.17) is 17.4 Å².